The molecule has 0 fully saturated rings. The van der Waals surface area contributed by atoms with Crippen molar-refractivity contribution in [1.82, 2.24) is 24.1 Å². The molecule has 3 aromatic heterocycles. The number of hydrogen-bond donors (Lipinski definition) is 0. The second-order valence-electron chi connectivity index (χ2n) is 14.8. The van der Waals surface area contributed by atoms with Gasteiger partial charge >= 0.3 is 6.18 Å². The lowest BCUT2D eigenvalue weighted by Gasteiger charge is -2.17. The van der Waals surface area contributed by atoms with E-state index >= 15 is 0 Å². The molecule has 0 unspecified atom stereocenters. The maximum atomic E-state index is 13.7. The Balaban J connectivity index is 1.18. The van der Waals surface area contributed by atoms with E-state index in [1.807, 2.05) is 91.0 Å². The molecule has 0 amide bonds. The van der Waals surface area contributed by atoms with E-state index in [2.05, 4.69) is 88.0 Å². The van der Waals surface area contributed by atoms with Crippen LogP contribution in [-0.2, 0) is 6.18 Å². The number of para-hydroxylation sites is 3. The number of fused-ring (bicyclic) bond motifs is 6. The third-order valence-corrected chi connectivity index (χ3v) is 11.2. The predicted molar refractivity (Wildman–Crippen MR) is 235 cm³/mol. The normalized spacial score (nSPS) is 11.9. The summed E-state index contributed by atoms with van der Waals surface area (Å²) in [6.07, 6.45) is -4.44. The van der Waals surface area contributed by atoms with Crippen LogP contribution in [-0.4, -0.2) is 24.1 Å². The zero-order valence-corrected chi connectivity index (χ0v) is 31.8. The SMILES string of the molecule is FC(F)(F)c1ccc(-c2ccc(-c3nc(-c4ccccc4)nc(-c4ccccc4)n3)c(-n3c4ccccc4c4cc(-n5c6ccccc6c6ccccc65)ccc43)c2)cc1. The van der Waals surface area contributed by atoms with Crippen molar-refractivity contribution >= 4 is 43.6 Å². The van der Waals surface area contributed by atoms with Gasteiger partial charge in [0.25, 0.3) is 0 Å². The number of hydrogen-bond acceptors (Lipinski definition) is 3. The third-order valence-electron chi connectivity index (χ3n) is 11.2. The highest BCUT2D eigenvalue weighted by Crippen LogP contribution is 2.41. The summed E-state index contributed by atoms with van der Waals surface area (Å²) in [5.41, 5.74) is 9.06. The maximum Gasteiger partial charge on any atom is 0.416 e. The first-order valence-corrected chi connectivity index (χ1v) is 19.6. The molecule has 3 heterocycles. The maximum absolute atomic E-state index is 13.7. The minimum atomic E-state index is -4.44. The summed E-state index contributed by atoms with van der Waals surface area (Å²) in [4.78, 5) is 15.2. The van der Waals surface area contributed by atoms with Gasteiger partial charge in [-0.25, -0.2) is 15.0 Å². The molecule has 8 aromatic carbocycles. The predicted octanol–water partition coefficient (Wildman–Crippen LogP) is 13.8. The molecule has 0 spiro atoms. The molecular weight excluding hydrogens is 752 g/mol. The van der Waals surface area contributed by atoms with Crippen molar-refractivity contribution in [2.24, 2.45) is 0 Å². The van der Waals surface area contributed by atoms with Crippen LogP contribution in [0.4, 0.5) is 13.2 Å². The van der Waals surface area contributed by atoms with Gasteiger partial charge in [-0.05, 0) is 71.8 Å². The molecular formula is C52H32F3N5. The van der Waals surface area contributed by atoms with E-state index in [4.69, 9.17) is 15.0 Å². The fourth-order valence-corrected chi connectivity index (χ4v) is 8.43. The molecule has 8 heteroatoms. The lowest BCUT2D eigenvalue weighted by atomic mass is 10.00. The van der Waals surface area contributed by atoms with Crippen LogP contribution in [0.5, 0.6) is 0 Å². The van der Waals surface area contributed by atoms with Crippen molar-refractivity contribution in [2.45, 2.75) is 6.18 Å². The van der Waals surface area contributed by atoms with Crippen molar-refractivity contribution in [3.05, 3.63) is 200 Å². The molecule has 0 N–H and O–H groups in total. The first-order chi connectivity index (χ1) is 29.4. The topological polar surface area (TPSA) is 48.5 Å². The van der Waals surface area contributed by atoms with Gasteiger partial charge in [0.15, 0.2) is 17.5 Å². The van der Waals surface area contributed by atoms with E-state index in [1.54, 1.807) is 0 Å². The highest BCUT2D eigenvalue weighted by molar-refractivity contribution is 6.12. The van der Waals surface area contributed by atoms with Crippen LogP contribution in [0.3, 0.4) is 0 Å². The van der Waals surface area contributed by atoms with Gasteiger partial charge in [-0.2, -0.15) is 13.2 Å². The standard InChI is InChI=1S/C52H32F3N5/c53-52(54,55)37-26-23-33(24-27-37)36-25-29-42(51-57-49(34-13-3-1-4-14-34)56-50(58-51)35-15-5-2-6-16-35)48(31-36)60-46-22-12-9-19-41(46)43-32-38(28-30-47(43)60)59-44-20-10-7-17-39(44)40-18-8-11-21-45(40)59/h1-32H. The average molecular weight is 784 g/mol. The molecule has 286 valence electrons. The zero-order valence-electron chi connectivity index (χ0n) is 31.8. The largest absolute Gasteiger partial charge is 0.416 e. The summed E-state index contributed by atoms with van der Waals surface area (Å²) in [5.74, 6) is 1.51. The Hall–Kier alpha value is -7.84. The Bertz CT molecular complexity index is 3290. The number of benzene rings is 8. The number of alkyl halides is 3. The monoisotopic (exact) mass is 783 g/mol. The van der Waals surface area contributed by atoms with Crippen LogP contribution in [0.25, 0.3) is 100 Å². The van der Waals surface area contributed by atoms with Gasteiger partial charge in [-0.3, -0.25) is 0 Å². The Morgan fingerprint density at radius 2 is 0.817 bits per heavy atom. The first kappa shape index (κ1) is 35.3. The molecule has 11 rings (SSSR count). The van der Waals surface area contributed by atoms with E-state index in [1.165, 1.54) is 22.9 Å². The van der Waals surface area contributed by atoms with E-state index in [0.29, 0.717) is 23.0 Å². The molecule has 0 aliphatic carbocycles. The van der Waals surface area contributed by atoms with Crippen LogP contribution in [0.15, 0.2) is 194 Å². The van der Waals surface area contributed by atoms with Gasteiger partial charge in [-0.15, -0.1) is 0 Å². The van der Waals surface area contributed by atoms with Crippen LogP contribution < -0.4 is 0 Å². The van der Waals surface area contributed by atoms with Crippen molar-refractivity contribution < 1.29 is 13.2 Å². The van der Waals surface area contributed by atoms with Gasteiger partial charge < -0.3 is 9.13 Å². The minimum absolute atomic E-state index is 0.463. The Labute approximate surface area is 342 Å². The highest BCUT2D eigenvalue weighted by Gasteiger charge is 2.30. The zero-order chi connectivity index (χ0) is 40.4. The fraction of sp³-hybridized carbons (Fsp3) is 0.0192. The summed E-state index contributed by atoms with van der Waals surface area (Å²) in [7, 11) is 0. The van der Waals surface area contributed by atoms with E-state index in [9.17, 15) is 13.2 Å². The minimum Gasteiger partial charge on any atom is -0.309 e. The lowest BCUT2D eigenvalue weighted by molar-refractivity contribution is -0.137. The van der Waals surface area contributed by atoms with E-state index in [-0.39, 0.29) is 0 Å². The Morgan fingerprint density at radius 1 is 0.350 bits per heavy atom. The number of aromatic nitrogens is 5. The molecule has 0 aliphatic rings. The Kier molecular flexibility index (Phi) is 8.20. The molecule has 0 saturated heterocycles. The molecule has 0 radical (unpaired) electrons. The third kappa shape index (κ3) is 5.91. The highest BCUT2D eigenvalue weighted by atomic mass is 19.4. The molecule has 5 nitrogen and oxygen atoms in total. The van der Waals surface area contributed by atoms with Gasteiger partial charge in [0, 0.05) is 43.9 Å². The number of halogens is 3. The second-order valence-corrected chi connectivity index (χ2v) is 14.8. The van der Waals surface area contributed by atoms with Crippen LogP contribution in [0.1, 0.15) is 5.56 Å². The summed E-state index contributed by atoms with van der Waals surface area (Å²) in [5, 5.41) is 4.46. The van der Waals surface area contributed by atoms with Gasteiger partial charge in [-0.1, -0.05) is 133 Å². The first-order valence-electron chi connectivity index (χ1n) is 19.6. The summed E-state index contributed by atoms with van der Waals surface area (Å²) >= 11 is 0. The second kappa shape index (κ2) is 13.9. The van der Waals surface area contributed by atoms with E-state index < -0.39 is 11.7 Å². The van der Waals surface area contributed by atoms with Crippen molar-refractivity contribution in [1.29, 1.82) is 0 Å². The summed E-state index contributed by atoms with van der Waals surface area (Å²) in [6, 6.07) is 62.6. The molecule has 0 aliphatic heterocycles. The Morgan fingerprint density at radius 3 is 1.38 bits per heavy atom. The molecule has 0 bridgehead atoms. The number of nitrogens with zero attached hydrogens (tertiary/aromatic N) is 5. The van der Waals surface area contributed by atoms with Crippen LogP contribution >= 0.6 is 0 Å². The van der Waals surface area contributed by atoms with Gasteiger partial charge in [0.1, 0.15) is 0 Å². The molecule has 0 saturated carbocycles. The van der Waals surface area contributed by atoms with Crippen LogP contribution in [0, 0.1) is 0 Å². The number of rotatable bonds is 6. The smallest absolute Gasteiger partial charge is 0.309 e. The summed E-state index contributed by atoms with van der Waals surface area (Å²) in [6.45, 7) is 0. The molecule has 0 atom stereocenters. The van der Waals surface area contributed by atoms with Gasteiger partial charge in [0.2, 0.25) is 0 Å². The quantitative estimate of drug-likeness (QED) is 0.169. The molecule has 11 aromatic rings. The lowest BCUT2D eigenvalue weighted by Crippen LogP contribution is -2.05. The summed E-state index contributed by atoms with van der Waals surface area (Å²) < 4.78 is 45.5. The molecule has 60 heavy (non-hydrogen) atoms. The van der Waals surface area contributed by atoms with E-state index in [0.717, 1.165) is 78.6 Å². The van der Waals surface area contributed by atoms with Crippen molar-refractivity contribution in [3.8, 4) is 56.7 Å². The fourth-order valence-electron chi connectivity index (χ4n) is 8.43. The van der Waals surface area contributed by atoms with Crippen molar-refractivity contribution in [2.75, 3.05) is 0 Å². The van der Waals surface area contributed by atoms with Crippen LogP contribution in [0.2, 0.25) is 0 Å². The van der Waals surface area contributed by atoms with Gasteiger partial charge in [0.05, 0.1) is 33.3 Å². The average Bonchev–Trinajstić information content (AvgIpc) is 3.81. The van der Waals surface area contributed by atoms with Crippen molar-refractivity contribution in [3.63, 3.8) is 0 Å².